The van der Waals surface area contributed by atoms with E-state index in [1.165, 1.54) is 12.1 Å². The van der Waals surface area contributed by atoms with Gasteiger partial charge in [0.15, 0.2) is 0 Å². The van der Waals surface area contributed by atoms with E-state index in [9.17, 15) is 13.2 Å². The van der Waals surface area contributed by atoms with Gasteiger partial charge in [0.05, 0.1) is 0 Å². The molecule has 0 unspecified atom stereocenters. The number of carbonyl (C=O) groups is 1. The lowest BCUT2D eigenvalue weighted by atomic mass is 9.84. The van der Waals surface area contributed by atoms with Crippen molar-refractivity contribution in [2.24, 2.45) is 5.41 Å². The van der Waals surface area contributed by atoms with Crippen molar-refractivity contribution in [3.8, 4) is 0 Å². The summed E-state index contributed by atoms with van der Waals surface area (Å²) in [5.41, 5.74) is 0.0694. The topological polar surface area (TPSA) is 83.5 Å². The molecule has 1 aliphatic carbocycles. The van der Waals surface area contributed by atoms with Crippen LogP contribution in [0, 0.1) is 5.41 Å². The van der Waals surface area contributed by atoms with Gasteiger partial charge in [-0.05, 0) is 36.8 Å². The average Bonchev–Trinajstić information content (AvgIpc) is 3.07. The molecule has 1 fully saturated rings. The molecule has 1 aliphatic rings. The molecule has 7 heteroatoms. The van der Waals surface area contributed by atoms with Crippen molar-refractivity contribution in [3.63, 3.8) is 0 Å². The van der Waals surface area contributed by atoms with E-state index in [-0.39, 0.29) is 14.5 Å². The summed E-state index contributed by atoms with van der Waals surface area (Å²) >= 11 is 0.787. The van der Waals surface area contributed by atoms with Gasteiger partial charge < -0.3 is 5.11 Å². The van der Waals surface area contributed by atoms with Gasteiger partial charge in [0.25, 0.3) is 0 Å². The molecule has 2 rings (SSSR count). The summed E-state index contributed by atoms with van der Waals surface area (Å²) in [5.74, 6) is -1.10. The molecule has 0 atom stereocenters. The predicted molar refractivity (Wildman–Crippen MR) is 77.7 cm³/mol. The van der Waals surface area contributed by atoms with Crippen LogP contribution in [0.2, 0.25) is 0 Å². The fourth-order valence-corrected chi connectivity index (χ4v) is 5.03. The third kappa shape index (κ3) is 3.21. The van der Waals surface area contributed by atoms with E-state index in [4.69, 9.17) is 5.11 Å². The van der Waals surface area contributed by atoms with Crippen molar-refractivity contribution >= 4 is 27.3 Å². The molecular weight excluding hydrogens is 298 g/mol. The molecule has 2 N–H and O–H groups in total. The van der Waals surface area contributed by atoms with Crippen molar-refractivity contribution in [2.75, 3.05) is 6.54 Å². The van der Waals surface area contributed by atoms with Gasteiger partial charge in [-0.1, -0.05) is 19.8 Å². The van der Waals surface area contributed by atoms with Crippen LogP contribution in [0.1, 0.15) is 48.7 Å². The Hall–Kier alpha value is -0.920. The second kappa shape index (κ2) is 5.83. The molecular formula is C13H19NO4S2. The first-order valence-electron chi connectivity index (χ1n) is 6.71. The number of carboxylic acids is 1. The number of thiophene rings is 1. The Morgan fingerprint density at radius 3 is 2.55 bits per heavy atom. The lowest BCUT2D eigenvalue weighted by molar-refractivity contribution is 0.0702. The molecule has 0 amide bonds. The number of rotatable bonds is 6. The third-order valence-corrected chi connectivity index (χ3v) is 7.07. The molecule has 0 aliphatic heterocycles. The van der Waals surface area contributed by atoms with Crippen molar-refractivity contribution in [3.05, 3.63) is 17.0 Å². The van der Waals surface area contributed by atoms with Crippen molar-refractivity contribution in [1.29, 1.82) is 0 Å². The number of hydrogen-bond donors (Lipinski definition) is 2. The Balaban J connectivity index is 2.08. The molecule has 1 aromatic rings. The fraction of sp³-hybridized carbons (Fsp3) is 0.615. The van der Waals surface area contributed by atoms with Gasteiger partial charge in [-0.2, -0.15) is 0 Å². The maximum atomic E-state index is 12.2. The van der Waals surface area contributed by atoms with E-state index in [0.717, 1.165) is 43.4 Å². The monoisotopic (exact) mass is 317 g/mol. The van der Waals surface area contributed by atoms with Crippen LogP contribution in [-0.2, 0) is 10.0 Å². The number of nitrogens with one attached hydrogen (secondary N) is 1. The summed E-state index contributed by atoms with van der Waals surface area (Å²) in [6, 6.07) is 2.68. The smallest absolute Gasteiger partial charge is 0.345 e. The molecule has 1 saturated carbocycles. The number of carboxylic acid groups (broad SMARTS) is 1. The van der Waals surface area contributed by atoms with Crippen molar-refractivity contribution in [1.82, 2.24) is 4.72 Å². The SMILES string of the molecule is CCC1(CNS(=O)(=O)c2ccc(C(=O)O)s2)CCCC1. The van der Waals surface area contributed by atoms with E-state index >= 15 is 0 Å². The summed E-state index contributed by atoms with van der Waals surface area (Å²) in [6.07, 6.45) is 5.36. The Kier molecular flexibility index (Phi) is 4.51. The zero-order chi connectivity index (χ0) is 14.8. The van der Waals surface area contributed by atoms with Crippen LogP contribution in [0.4, 0.5) is 0 Å². The van der Waals surface area contributed by atoms with Crippen LogP contribution in [0.5, 0.6) is 0 Å². The van der Waals surface area contributed by atoms with E-state index in [2.05, 4.69) is 11.6 Å². The fourth-order valence-electron chi connectivity index (χ4n) is 2.68. The van der Waals surface area contributed by atoms with Crippen LogP contribution < -0.4 is 4.72 Å². The normalized spacial score (nSPS) is 18.2. The van der Waals surface area contributed by atoms with Gasteiger partial charge in [-0.25, -0.2) is 17.9 Å². The highest BCUT2D eigenvalue weighted by molar-refractivity contribution is 7.91. The number of aromatic carboxylic acids is 1. The highest BCUT2D eigenvalue weighted by Crippen LogP contribution is 2.40. The number of hydrogen-bond acceptors (Lipinski definition) is 4. The maximum absolute atomic E-state index is 12.2. The molecule has 1 heterocycles. The van der Waals surface area contributed by atoms with E-state index in [1.807, 2.05) is 0 Å². The zero-order valence-corrected chi connectivity index (χ0v) is 13.0. The minimum Gasteiger partial charge on any atom is -0.477 e. The van der Waals surface area contributed by atoms with Crippen LogP contribution in [0.15, 0.2) is 16.3 Å². The maximum Gasteiger partial charge on any atom is 0.345 e. The first-order chi connectivity index (χ1) is 9.38. The first-order valence-corrected chi connectivity index (χ1v) is 9.01. The minimum absolute atomic E-state index is 0.0384. The van der Waals surface area contributed by atoms with Gasteiger partial charge in [0.1, 0.15) is 9.09 Å². The molecule has 112 valence electrons. The van der Waals surface area contributed by atoms with Crippen LogP contribution in [0.3, 0.4) is 0 Å². The molecule has 1 aromatic heterocycles. The second-order valence-corrected chi connectivity index (χ2v) is 8.39. The Labute approximate surface area is 123 Å². The van der Waals surface area contributed by atoms with Crippen LogP contribution in [-0.4, -0.2) is 26.0 Å². The van der Waals surface area contributed by atoms with E-state index in [1.54, 1.807) is 0 Å². The van der Waals surface area contributed by atoms with Gasteiger partial charge in [-0.3, -0.25) is 0 Å². The molecule has 5 nitrogen and oxygen atoms in total. The predicted octanol–water partition coefficient (Wildman–Crippen LogP) is 2.70. The molecule has 0 radical (unpaired) electrons. The molecule has 0 aromatic carbocycles. The highest BCUT2D eigenvalue weighted by atomic mass is 32.2. The Bertz CT molecular complexity index is 585. The quantitative estimate of drug-likeness (QED) is 0.845. The highest BCUT2D eigenvalue weighted by Gasteiger charge is 2.33. The van der Waals surface area contributed by atoms with E-state index < -0.39 is 16.0 Å². The Morgan fingerprint density at radius 2 is 2.05 bits per heavy atom. The standard InChI is InChI=1S/C13H19NO4S2/c1-2-13(7-3-4-8-13)9-14-20(17,18)11-6-5-10(19-11)12(15)16/h5-6,14H,2-4,7-9H2,1H3,(H,15,16). The van der Waals surface area contributed by atoms with E-state index in [0.29, 0.717) is 6.54 Å². The zero-order valence-electron chi connectivity index (χ0n) is 11.4. The summed E-state index contributed by atoms with van der Waals surface area (Å²) in [6.45, 7) is 2.53. The largest absolute Gasteiger partial charge is 0.477 e. The van der Waals surface area contributed by atoms with Gasteiger partial charge >= 0.3 is 5.97 Å². The van der Waals surface area contributed by atoms with Gasteiger partial charge in [0.2, 0.25) is 10.0 Å². The van der Waals surface area contributed by atoms with Crippen LogP contribution in [0.25, 0.3) is 0 Å². The third-order valence-electron chi connectivity index (χ3n) is 4.11. The summed E-state index contributed by atoms with van der Waals surface area (Å²) in [4.78, 5) is 10.8. The lowest BCUT2D eigenvalue weighted by Crippen LogP contribution is -2.35. The molecule has 0 saturated heterocycles. The molecule has 0 spiro atoms. The first kappa shape index (κ1) is 15.5. The van der Waals surface area contributed by atoms with Gasteiger partial charge in [0, 0.05) is 6.54 Å². The summed E-state index contributed by atoms with van der Waals surface area (Å²) in [5, 5.41) is 8.84. The van der Waals surface area contributed by atoms with Crippen molar-refractivity contribution in [2.45, 2.75) is 43.2 Å². The molecule has 20 heavy (non-hydrogen) atoms. The summed E-state index contributed by atoms with van der Waals surface area (Å²) < 4.78 is 27.1. The number of sulfonamides is 1. The molecule has 0 bridgehead atoms. The average molecular weight is 317 g/mol. The second-order valence-electron chi connectivity index (χ2n) is 5.31. The van der Waals surface area contributed by atoms with Crippen molar-refractivity contribution < 1.29 is 18.3 Å². The minimum atomic E-state index is -3.60. The lowest BCUT2D eigenvalue weighted by Gasteiger charge is -2.27. The summed E-state index contributed by atoms with van der Waals surface area (Å²) in [7, 11) is -3.60. The van der Waals surface area contributed by atoms with Crippen LogP contribution >= 0.6 is 11.3 Å². The Morgan fingerprint density at radius 1 is 1.40 bits per heavy atom. The van der Waals surface area contributed by atoms with Gasteiger partial charge in [-0.15, -0.1) is 11.3 Å².